The number of hydrogen-bond donors (Lipinski definition) is 1. The quantitative estimate of drug-likeness (QED) is 0.544. The van der Waals surface area contributed by atoms with Gasteiger partial charge in [0, 0.05) is 31.4 Å². The molecule has 9 heteroatoms. The number of amides is 1. The Balaban J connectivity index is 2.13. The fourth-order valence-electron chi connectivity index (χ4n) is 2.30. The van der Waals surface area contributed by atoms with Crippen molar-refractivity contribution in [1.82, 2.24) is 14.3 Å². The van der Waals surface area contributed by atoms with Crippen LogP contribution in [0.5, 0.6) is 0 Å². The van der Waals surface area contributed by atoms with Crippen molar-refractivity contribution in [1.29, 1.82) is 0 Å². The largest absolute Gasteiger partial charge is 0.325 e. The van der Waals surface area contributed by atoms with E-state index in [1.807, 2.05) is 26.8 Å². The van der Waals surface area contributed by atoms with Crippen molar-refractivity contribution in [2.24, 2.45) is 0 Å². The summed E-state index contributed by atoms with van der Waals surface area (Å²) >= 11 is 1.34. The van der Waals surface area contributed by atoms with E-state index in [4.69, 9.17) is 0 Å². The number of aromatic nitrogens is 2. The maximum atomic E-state index is 12.6. The fourth-order valence-corrected chi connectivity index (χ4v) is 4.17. The highest BCUT2D eigenvalue weighted by atomic mass is 32.2. The molecule has 0 saturated heterocycles. The fraction of sp³-hybridized carbons (Fsp3) is 0.421. The molecular formula is C19H26N4O3S2. The summed E-state index contributed by atoms with van der Waals surface area (Å²) in [6.07, 6.45) is 0. The molecule has 2 aromatic rings. The Morgan fingerprint density at radius 2 is 1.82 bits per heavy atom. The van der Waals surface area contributed by atoms with E-state index in [0.29, 0.717) is 5.69 Å². The van der Waals surface area contributed by atoms with Gasteiger partial charge in [0.15, 0.2) is 0 Å². The molecule has 0 fully saturated rings. The Hall–Kier alpha value is -1.97. The monoisotopic (exact) mass is 422 g/mol. The van der Waals surface area contributed by atoms with Crippen LogP contribution in [0.15, 0.2) is 40.3 Å². The lowest BCUT2D eigenvalue weighted by atomic mass is 10.2. The molecule has 0 radical (unpaired) electrons. The highest BCUT2D eigenvalue weighted by Gasteiger charge is 2.20. The van der Waals surface area contributed by atoms with Crippen LogP contribution in [0, 0.1) is 6.92 Å². The second-order valence-corrected chi connectivity index (χ2v) is 10.4. The zero-order chi connectivity index (χ0) is 21.1. The minimum Gasteiger partial charge on any atom is -0.325 e. The van der Waals surface area contributed by atoms with E-state index < -0.39 is 15.3 Å². The predicted molar refractivity (Wildman–Crippen MR) is 112 cm³/mol. The summed E-state index contributed by atoms with van der Waals surface area (Å²) in [5.74, 6) is 0.716. The lowest BCUT2D eigenvalue weighted by Gasteiger charge is -2.15. The van der Waals surface area contributed by atoms with Gasteiger partial charge >= 0.3 is 0 Å². The molecule has 7 nitrogen and oxygen atoms in total. The molecular weight excluding hydrogens is 396 g/mol. The van der Waals surface area contributed by atoms with Crippen LogP contribution in [-0.2, 0) is 14.8 Å². The Morgan fingerprint density at radius 3 is 2.43 bits per heavy atom. The Kier molecular flexibility index (Phi) is 7.19. The highest BCUT2D eigenvalue weighted by molar-refractivity contribution is 8.00. The van der Waals surface area contributed by atoms with Crippen LogP contribution in [0.4, 0.5) is 5.69 Å². The summed E-state index contributed by atoms with van der Waals surface area (Å²) in [5.41, 5.74) is 1.29. The van der Waals surface area contributed by atoms with Crippen molar-refractivity contribution in [3.63, 3.8) is 0 Å². The summed E-state index contributed by atoms with van der Waals surface area (Å²) < 4.78 is 25.7. The molecule has 0 bridgehead atoms. The first-order valence-electron chi connectivity index (χ1n) is 8.86. The maximum Gasteiger partial charge on any atom is 0.242 e. The second-order valence-electron chi connectivity index (χ2n) is 6.93. The van der Waals surface area contributed by atoms with E-state index in [-0.39, 0.29) is 16.7 Å². The number of hydrogen-bond acceptors (Lipinski definition) is 6. The Bertz CT molecular complexity index is 959. The zero-order valence-electron chi connectivity index (χ0n) is 16.9. The van der Waals surface area contributed by atoms with Gasteiger partial charge in [-0.2, -0.15) is 0 Å². The van der Waals surface area contributed by atoms with E-state index in [1.54, 1.807) is 19.1 Å². The van der Waals surface area contributed by atoms with Crippen molar-refractivity contribution >= 4 is 33.4 Å². The van der Waals surface area contributed by atoms with Crippen molar-refractivity contribution < 1.29 is 13.2 Å². The molecule has 1 aromatic carbocycles. The molecule has 0 saturated carbocycles. The number of carbonyl (C=O) groups excluding carboxylic acids is 1. The third-order valence-corrected chi connectivity index (χ3v) is 6.74. The number of nitrogens with one attached hydrogen (secondary N) is 1. The molecule has 2 rings (SSSR count). The predicted octanol–water partition coefficient (Wildman–Crippen LogP) is 3.28. The molecule has 0 aliphatic carbocycles. The van der Waals surface area contributed by atoms with Crippen LogP contribution in [0.2, 0.25) is 0 Å². The standard InChI is InChI=1S/C19H26N4O3S2/c1-12(2)18-20-13(3)10-17(22-18)27-14(4)19(24)21-15-8-7-9-16(11-15)28(25,26)23(5)6/h7-12,14H,1-6H3,(H,21,24)/t14-/m1/s1. The van der Waals surface area contributed by atoms with Crippen LogP contribution in [-0.4, -0.2) is 47.9 Å². The molecule has 0 aliphatic heterocycles. The van der Waals surface area contributed by atoms with Crippen molar-refractivity contribution in [2.45, 2.75) is 48.8 Å². The van der Waals surface area contributed by atoms with Gasteiger partial charge in [-0.15, -0.1) is 0 Å². The first-order valence-corrected chi connectivity index (χ1v) is 11.2. The van der Waals surface area contributed by atoms with Gasteiger partial charge in [0.2, 0.25) is 15.9 Å². The molecule has 1 atom stereocenters. The number of anilines is 1. The van der Waals surface area contributed by atoms with Crippen LogP contribution < -0.4 is 5.32 Å². The average molecular weight is 423 g/mol. The third-order valence-electron chi connectivity index (χ3n) is 3.91. The van der Waals surface area contributed by atoms with E-state index in [9.17, 15) is 13.2 Å². The van der Waals surface area contributed by atoms with Crippen LogP contribution in [0.1, 0.15) is 38.2 Å². The number of aryl methyl sites for hydroxylation is 1. The lowest BCUT2D eigenvalue weighted by molar-refractivity contribution is -0.115. The smallest absolute Gasteiger partial charge is 0.242 e. The molecule has 1 aromatic heterocycles. The van der Waals surface area contributed by atoms with Gasteiger partial charge in [0.25, 0.3) is 0 Å². The Morgan fingerprint density at radius 1 is 1.14 bits per heavy atom. The summed E-state index contributed by atoms with van der Waals surface area (Å²) in [5, 5.41) is 3.10. The molecule has 0 aliphatic rings. The van der Waals surface area contributed by atoms with Gasteiger partial charge in [-0.1, -0.05) is 31.7 Å². The number of benzene rings is 1. The van der Waals surface area contributed by atoms with Crippen molar-refractivity contribution in [3.8, 4) is 0 Å². The lowest BCUT2D eigenvalue weighted by Crippen LogP contribution is -2.24. The minimum absolute atomic E-state index is 0.128. The first kappa shape index (κ1) is 22.3. The Labute approximate surface area is 171 Å². The molecule has 152 valence electrons. The van der Waals surface area contributed by atoms with E-state index in [1.165, 1.54) is 38.0 Å². The summed E-state index contributed by atoms with van der Waals surface area (Å²) in [7, 11) is -0.628. The summed E-state index contributed by atoms with van der Waals surface area (Å²) in [4.78, 5) is 21.6. The van der Waals surface area contributed by atoms with Crippen molar-refractivity contribution in [3.05, 3.63) is 41.9 Å². The van der Waals surface area contributed by atoms with Gasteiger partial charge in [-0.3, -0.25) is 4.79 Å². The third kappa shape index (κ3) is 5.52. The highest BCUT2D eigenvalue weighted by Crippen LogP contribution is 2.25. The van der Waals surface area contributed by atoms with Crippen LogP contribution in [0.25, 0.3) is 0 Å². The average Bonchev–Trinajstić information content (AvgIpc) is 2.61. The van der Waals surface area contributed by atoms with Gasteiger partial charge in [0.05, 0.1) is 10.1 Å². The topological polar surface area (TPSA) is 92.3 Å². The van der Waals surface area contributed by atoms with Gasteiger partial charge in [-0.05, 0) is 38.1 Å². The molecule has 0 spiro atoms. The molecule has 28 heavy (non-hydrogen) atoms. The SMILES string of the molecule is Cc1cc(S[C@H](C)C(=O)Nc2cccc(S(=O)(=O)N(C)C)c2)nc(C(C)C)n1. The van der Waals surface area contributed by atoms with E-state index in [2.05, 4.69) is 15.3 Å². The first-order chi connectivity index (χ1) is 13.0. The number of nitrogens with zero attached hydrogens (tertiary/aromatic N) is 3. The van der Waals surface area contributed by atoms with Crippen molar-refractivity contribution in [2.75, 3.05) is 19.4 Å². The van der Waals surface area contributed by atoms with Crippen LogP contribution >= 0.6 is 11.8 Å². The minimum atomic E-state index is -3.56. The molecule has 1 amide bonds. The normalized spacial score (nSPS) is 13.0. The second kappa shape index (κ2) is 9.02. The van der Waals surface area contributed by atoms with Crippen LogP contribution in [0.3, 0.4) is 0 Å². The molecule has 0 unspecified atom stereocenters. The van der Waals surface area contributed by atoms with Gasteiger partial charge in [-0.25, -0.2) is 22.7 Å². The summed E-state index contributed by atoms with van der Waals surface area (Å²) in [6.45, 7) is 7.73. The number of thioether (sulfide) groups is 1. The number of carbonyl (C=O) groups is 1. The van der Waals surface area contributed by atoms with Gasteiger partial charge < -0.3 is 5.32 Å². The zero-order valence-corrected chi connectivity index (χ0v) is 18.6. The van der Waals surface area contributed by atoms with Gasteiger partial charge in [0.1, 0.15) is 10.9 Å². The number of rotatable bonds is 7. The number of sulfonamides is 1. The van der Waals surface area contributed by atoms with E-state index >= 15 is 0 Å². The molecule has 1 heterocycles. The van der Waals surface area contributed by atoms with E-state index in [0.717, 1.165) is 20.8 Å². The maximum absolute atomic E-state index is 12.6. The molecule has 1 N–H and O–H groups in total. The summed E-state index contributed by atoms with van der Waals surface area (Å²) in [6, 6.07) is 8.07.